The predicted octanol–water partition coefficient (Wildman–Crippen LogP) is 5.59. The van der Waals surface area contributed by atoms with Crippen molar-refractivity contribution in [1.29, 1.82) is 5.26 Å². The molecule has 3 aromatic carbocycles. The quantitative estimate of drug-likeness (QED) is 0.344. The molecule has 37 heavy (non-hydrogen) atoms. The number of aromatic nitrogens is 1. The largest absolute Gasteiger partial charge is 0.506 e. The Morgan fingerprint density at radius 2 is 1.68 bits per heavy atom. The minimum atomic E-state index is -0.373. The van der Waals surface area contributed by atoms with Gasteiger partial charge in [0.2, 0.25) is 0 Å². The van der Waals surface area contributed by atoms with Gasteiger partial charge in [0.05, 0.1) is 35.0 Å². The van der Waals surface area contributed by atoms with Gasteiger partial charge in [0, 0.05) is 24.3 Å². The molecule has 2 N–H and O–H groups in total. The molecule has 0 spiro atoms. The second kappa shape index (κ2) is 11.1. The van der Waals surface area contributed by atoms with E-state index in [2.05, 4.69) is 11.4 Å². The van der Waals surface area contributed by atoms with E-state index in [1.165, 1.54) is 6.07 Å². The number of nitrogens with one attached hydrogen (secondary N) is 1. The van der Waals surface area contributed by atoms with Crippen LogP contribution in [0.4, 0.5) is 11.4 Å². The minimum Gasteiger partial charge on any atom is -0.506 e. The molecule has 0 saturated carbocycles. The molecule has 0 amide bonds. The first kappa shape index (κ1) is 24.8. The number of benzene rings is 3. The van der Waals surface area contributed by atoms with Gasteiger partial charge in [-0.2, -0.15) is 5.26 Å². The summed E-state index contributed by atoms with van der Waals surface area (Å²) in [6.07, 6.45) is 3.14. The lowest BCUT2D eigenvalue weighted by Gasteiger charge is -2.17. The molecule has 4 aromatic rings. The first-order valence-corrected chi connectivity index (χ1v) is 12.5. The molecule has 188 valence electrons. The van der Waals surface area contributed by atoms with Crippen LogP contribution in [0.15, 0.2) is 77.6 Å². The van der Waals surface area contributed by atoms with Gasteiger partial charge >= 0.3 is 0 Å². The molecule has 2 aliphatic heterocycles. The molecule has 2 saturated heterocycles. The Kier molecular flexibility index (Phi) is 7.42. The van der Waals surface area contributed by atoms with Crippen molar-refractivity contribution in [3.8, 4) is 11.8 Å². The predicted molar refractivity (Wildman–Crippen MR) is 144 cm³/mol. The second-order valence-corrected chi connectivity index (χ2v) is 9.35. The Morgan fingerprint density at radius 1 is 1.00 bits per heavy atom. The second-order valence-electron chi connectivity index (χ2n) is 8.94. The molecule has 2 atom stereocenters. The summed E-state index contributed by atoms with van der Waals surface area (Å²) in [6, 6.07) is 23.7. The number of fused-ring (bicyclic) bond motifs is 2. The Morgan fingerprint density at radius 3 is 2.35 bits per heavy atom. The summed E-state index contributed by atoms with van der Waals surface area (Å²) >= 11 is 6.00. The van der Waals surface area contributed by atoms with E-state index in [1.54, 1.807) is 16.7 Å². The van der Waals surface area contributed by atoms with Crippen molar-refractivity contribution in [3.63, 3.8) is 0 Å². The van der Waals surface area contributed by atoms with Crippen LogP contribution in [0.2, 0.25) is 5.02 Å². The van der Waals surface area contributed by atoms with Crippen molar-refractivity contribution in [1.82, 2.24) is 4.57 Å². The maximum Gasteiger partial charge on any atom is 0.271 e. The number of nitriles is 1. The summed E-state index contributed by atoms with van der Waals surface area (Å²) in [7, 11) is 0. The summed E-state index contributed by atoms with van der Waals surface area (Å²) in [5.74, 6) is -0.0409. The topological polar surface area (TPSA) is 96.5 Å². The third-order valence-corrected chi connectivity index (χ3v) is 6.87. The highest BCUT2D eigenvalue weighted by atomic mass is 35.5. The third-order valence-electron chi connectivity index (χ3n) is 6.57. The zero-order valence-electron chi connectivity index (χ0n) is 20.1. The minimum absolute atomic E-state index is 0.0174. The van der Waals surface area contributed by atoms with Crippen molar-refractivity contribution in [2.75, 3.05) is 18.5 Å². The van der Waals surface area contributed by atoms with Gasteiger partial charge in [-0.15, -0.1) is 0 Å². The average molecular weight is 516 g/mol. The number of phenols is 1. The molecule has 0 unspecified atom stereocenters. The van der Waals surface area contributed by atoms with Crippen molar-refractivity contribution < 1.29 is 14.6 Å². The van der Waals surface area contributed by atoms with Gasteiger partial charge < -0.3 is 24.5 Å². The lowest BCUT2D eigenvalue weighted by molar-refractivity contribution is 0.0732. The highest BCUT2D eigenvalue weighted by molar-refractivity contribution is 6.32. The number of halogens is 1. The highest BCUT2D eigenvalue weighted by Gasteiger charge is 2.33. The summed E-state index contributed by atoms with van der Waals surface area (Å²) < 4.78 is 12.3. The SMILES string of the molecule is C1C[C@H]2OCC[C@H]2O1.N#Cc1c(Nc2ccc(O)c(Cl)c2)c2ccccc2n(Cc2ccccc2)c1=O. The summed E-state index contributed by atoms with van der Waals surface area (Å²) in [5.41, 5.74) is 2.31. The van der Waals surface area contributed by atoms with Crippen molar-refractivity contribution in [2.45, 2.75) is 31.6 Å². The van der Waals surface area contributed by atoms with Crippen LogP contribution in [0.1, 0.15) is 24.0 Å². The number of nitrogens with zero attached hydrogens (tertiary/aromatic N) is 2. The van der Waals surface area contributed by atoms with Gasteiger partial charge in [-0.05, 0) is 42.7 Å². The smallest absolute Gasteiger partial charge is 0.271 e. The van der Waals surface area contributed by atoms with Crippen LogP contribution in [0.5, 0.6) is 5.75 Å². The molecule has 6 rings (SSSR count). The standard InChI is InChI=1S/C23H16ClN3O2.C6H10O2/c24-19-12-16(10-11-21(19)28)26-22-17-8-4-5-9-20(17)27(23(29)18(22)13-25)14-15-6-2-1-3-7-15;1-3-7-6-2-4-8-5(1)6/h1-12,26,28H,14H2;5-6H,1-4H2/t;5-,6-/m.1/s1. The highest BCUT2D eigenvalue weighted by Crippen LogP contribution is 2.32. The molecule has 3 heterocycles. The molecule has 1 aromatic heterocycles. The Hall–Kier alpha value is -3.83. The van der Waals surface area contributed by atoms with Crippen molar-refractivity contribution in [3.05, 3.63) is 99.3 Å². The molecular formula is C29H26ClN3O4. The molecule has 2 fully saturated rings. The van der Waals surface area contributed by atoms with Crippen LogP contribution < -0.4 is 10.9 Å². The van der Waals surface area contributed by atoms with Crippen LogP contribution in [-0.2, 0) is 16.0 Å². The lowest BCUT2D eigenvalue weighted by Crippen LogP contribution is -2.25. The van der Waals surface area contributed by atoms with Gasteiger partial charge in [-0.25, -0.2) is 0 Å². The van der Waals surface area contributed by atoms with Crippen LogP contribution in [-0.4, -0.2) is 35.1 Å². The van der Waals surface area contributed by atoms with Crippen LogP contribution in [0, 0.1) is 11.3 Å². The Balaban J connectivity index is 0.000000295. The number of ether oxygens (including phenoxy) is 2. The van der Waals surface area contributed by atoms with Crippen LogP contribution >= 0.6 is 11.6 Å². The molecule has 2 aliphatic rings. The number of hydrogen-bond acceptors (Lipinski definition) is 6. The zero-order chi connectivity index (χ0) is 25.8. The average Bonchev–Trinajstić information content (AvgIpc) is 3.56. The van der Waals surface area contributed by atoms with Crippen LogP contribution in [0.3, 0.4) is 0 Å². The van der Waals surface area contributed by atoms with Gasteiger partial charge in [-0.3, -0.25) is 4.79 Å². The van der Waals surface area contributed by atoms with Gasteiger partial charge in [0.1, 0.15) is 17.4 Å². The first-order valence-electron chi connectivity index (χ1n) is 12.1. The van der Waals surface area contributed by atoms with E-state index in [0.717, 1.165) is 37.0 Å². The van der Waals surface area contributed by atoms with E-state index in [0.29, 0.717) is 35.6 Å². The van der Waals surface area contributed by atoms with Gasteiger partial charge in [0.15, 0.2) is 0 Å². The van der Waals surface area contributed by atoms with Crippen molar-refractivity contribution in [2.24, 2.45) is 0 Å². The van der Waals surface area contributed by atoms with E-state index in [9.17, 15) is 15.2 Å². The molecular weight excluding hydrogens is 490 g/mol. The fourth-order valence-electron chi connectivity index (χ4n) is 4.72. The molecule has 8 heteroatoms. The monoisotopic (exact) mass is 515 g/mol. The van der Waals surface area contributed by atoms with Gasteiger partial charge in [-0.1, -0.05) is 60.1 Å². The number of phenolic OH excluding ortho intramolecular Hbond substituents is 1. The number of aromatic hydroxyl groups is 1. The zero-order valence-corrected chi connectivity index (χ0v) is 20.8. The van der Waals surface area contributed by atoms with E-state index >= 15 is 0 Å². The molecule has 0 bridgehead atoms. The lowest BCUT2D eigenvalue weighted by atomic mass is 10.1. The normalized spacial score (nSPS) is 18.1. The van der Waals surface area contributed by atoms with E-state index in [4.69, 9.17) is 21.1 Å². The summed E-state index contributed by atoms with van der Waals surface area (Å²) in [6.45, 7) is 2.19. The molecule has 7 nitrogen and oxygen atoms in total. The first-order chi connectivity index (χ1) is 18.0. The van der Waals surface area contributed by atoms with Crippen molar-refractivity contribution >= 4 is 33.9 Å². The third kappa shape index (κ3) is 5.32. The number of para-hydroxylation sites is 1. The van der Waals surface area contributed by atoms with E-state index < -0.39 is 0 Å². The number of pyridine rings is 1. The fraction of sp³-hybridized carbons (Fsp3) is 0.241. The van der Waals surface area contributed by atoms with Gasteiger partial charge in [0.25, 0.3) is 5.56 Å². The molecule has 0 radical (unpaired) electrons. The summed E-state index contributed by atoms with van der Waals surface area (Å²) in [4.78, 5) is 13.2. The number of rotatable bonds is 4. The maximum atomic E-state index is 13.2. The van der Waals surface area contributed by atoms with E-state index in [-0.39, 0.29) is 21.9 Å². The fourth-order valence-corrected chi connectivity index (χ4v) is 4.90. The Bertz CT molecular complexity index is 1490. The number of hydrogen-bond donors (Lipinski definition) is 2. The molecule has 0 aliphatic carbocycles. The summed E-state index contributed by atoms with van der Waals surface area (Å²) in [5, 5.41) is 23.4. The van der Waals surface area contributed by atoms with E-state index in [1.807, 2.05) is 54.6 Å². The Labute approximate surface area is 219 Å². The van der Waals surface area contributed by atoms with Crippen LogP contribution in [0.25, 0.3) is 10.9 Å². The maximum absolute atomic E-state index is 13.2. The number of anilines is 2.